The molecule has 2 amide bonds. The molecule has 13 nitrogen and oxygen atoms in total. The van der Waals surface area contributed by atoms with E-state index < -0.39 is 74.9 Å². The molecule has 3 atom stereocenters. The first-order valence-electron chi connectivity index (χ1n) is 22.8. The van der Waals surface area contributed by atoms with Gasteiger partial charge in [-0.05, 0) is 73.6 Å². The molecule has 0 radical (unpaired) electrons. The fraction of sp³-hybridized carbons (Fsp3) is 0.236. The van der Waals surface area contributed by atoms with Crippen LogP contribution in [0.1, 0.15) is 74.2 Å². The predicted octanol–water partition coefficient (Wildman–Crippen LogP) is 9.19. The Kier molecular flexibility index (Phi) is 15.3. The number of carbonyl (C=O) groups is 4. The predicted molar refractivity (Wildman–Crippen MR) is 276 cm³/mol. The fourth-order valence-corrected chi connectivity index (χ4v) is 10.7. The number of thiazole rings is 1. The van der Waals surface area contributed by atoms with Gasteiger partial charge in [0, 0.05) is 16.8 Å². The van der Waals surface area contributed by atoms with Gasteiger partial charge in [-0.3, -0.25) is 14.5 Å². The molecule has 2 unspecified atom stereocenters. The number of fused-ring (bicyclic) bond motifs is 1. The van der Waals surface area contributed by atoms with Crippen LogP contribution in [-0.4, -0.2) is 78.2 Å². The van der Waals surface area contributed by atoms with Gasteiger partial charge < -0.3 is 29.5 Å². The zero-order chi connectivity index (χ0) is 50.3. The summed E-state index contributed by atoms with van der Waals surface area (Å²) in [5.74, 6) is -3.30. The van der Waals surface area contributed by atoms with Gasteiger partial charge in [0.05, 0.1) is 0 Å². The lowest BCUT2D eigenvalue weighted by Crippen LogP contribution is -2.75. The van der Waals surface area contributed by atoms with Gasteiger partial charge in [0.1, 0.15) is 28.3 Å². The van der Waals surface area contributed by atoms with Crippen LogP contribution in [0, 0.1) is 0 Å². The number of hydrogen-bond donors (Lipinski definition) is 2. The third-order valence-corrected chi connectivity index (χ3v) is 14.2. The number of hydrogen-bond acceptors (Lipinski definition) is 12. The standard InChI is InChI=1S/C55H52ClN5O8S2/c1-53(2,3)68-51(65)54(4,5)69-60-43(42-34-70-52(57-42)59-55(39-27-15-8-16-28-39,40-29-17-9-18-30-40)41-31-19-10-20-32-41)47(62)58-44-48(63)61-45(38(26-21-33-56)35-71(66)49(44)61)50(64)67-46(36-22-11-6-12-23-36)37-24-13-7-14-25-37/h6-32,34,44,46,49H,33,35H2,1-5H3,(H,57,59)(H,58,62)/b26-21-,60-43-/t44?,49-,71?/m0/s1. The van der Waals surface area contributed by atoms with Crippen LogP contribution >= 0.6 is 22.9 Å². The molecule has 1 fully saturated rings. The van der Waals surface area contributed by atoms with Crippen molar-refractivity contribution in [2.75, 3.05) is 16.9 Å². The van der Waals surface area contributed by atoms with Crippen molar-refractivity contribution in [2.45, 2.75) is 68.9 Å². The summed E-state index contributed by atoms with van der Waals surface area (Å²) in [4.78, 5) is 68.9. The number of halogens is 1. The number of allylic oxidation sites excluding steroid dienone is 2. The smallest absolute Gasteiger partial charge is 0.356 e. The zero-order valence-corrected chi connectivity index (χ0v) is 42.0. The van der Waals surface area contributed by atoms with E-state index >= 15 is 0 Å². The lowest BCUT2D eigenvalue weighted by atomic mass is 9.77. The van der Waals surface area contributed by atoms with Gasteiger partial charge in [0.25, 0.3) is 11.8 Å². The topological polar surface area (TPSA) is 172 Å². The molecule has 6 aromatic rings. The molecule has 71 heavy (non-hydrogen) atoms. The number of nitrogens with one attached hydrogen (secondary N) is 2. The Bertz CT molecular complexity index is 2810. The van der Waals surface area contributed by atoms with Crippen molar-refractivity contribution >= 4 is 68.7 Å². The molecule has 2 aliphatic rings. The maximum Gasteiger partial charge on any atom is 0.356 e. The minimum Gasteiger partial charge on any atom is -0.614 e. The normalized spacial score (nSPS) is 17.4. The highest BCUT2D eigenvalue weighted by Crippen LogP contribution is 2.42. The van der Waals surface area contributed by atoms with Crippen LogP contribution in [0.3, 0.4) is 0 Å². The van der Waals surface area contributed by atoms with Crippen LogP contribution in [0.5, 0.6) is 0 Å². The van der Waals surface area contributed by atoms with E-state index in [9.17, 15) is 23.7 Å². The molecule has 0 saturated carbocycles. The van der Waals surface area contributed by atoms with Gasteiger partial charge in [0.15, 0.2) is 23.0 Å². The molecule has 0 bridgehead atoms. The number of benzene rings is 5. The van der Waals surface area contributed by atoms with Crippen LogP contribution < -0.4 is 10.6 Å². The summed E-state index contributed by atoms with van der Waals surface area (Å²) in [6.07, 6.45) is 2.29. The van der Waals surface area contributed by atoms with Crippen molar-refractivity contribution < 1.29 is 38.0 Å². The van der Waals surface area contributed by atoms with E-state index in [1.54, 1.807) is 38.3 Å². The maximum atomic E-state index is 14.7. The number of esters is 2. The Balaban J connectivity index is 1.13. The Labute approximate surface area is 424 Å². The zero-order valence-electron chi connectivity index (χ0n) is 39.6. The first kappa shape index (κ1) is 50.4. The highest BCUT2D eigenvalue weighted by molar-refractivity contribution is 7.92. The lowest BCUT2D eigenvalue weighted by Gasteiger charge is -2.49. The van der Waals surface area contributed by atoms with Gasteiger partial charge in [0.2, 0.25) is 11.0 Å². The number of ether oxygens (including phenoxy) is 2. The molecule has 2 N–H and O–H groups in total. The number of aromatic nitrogens is 1. The molecule has 0 aliphatic carbocycles. The first-order valence-corrected chi connectivity index (χ1v) is 25.6. The minimum absolute atomic E-state index is 0.0389. The summed E-state index contributed by atoms with van der Waals surface area (Å²) in [6.45, 7) is 8.03. The maximum absolute atomic E-state index is 14.7. The summed E-state index contributed by atoms with van der Waals surface area (Å²) in [6, 6.07) is 46.6. The van der Waals surface area contributed by atoms with Crippen molar-refractivity contribution in [1.29, 1.82) is 0 Å². The number of anilines is 1. The van der Waals surface area contributed by atoms with Gasteiger partial charge in [-0.25, -0.2) is 14.6 Å². The molecular formula is C55H52ClN5O8S2. The van der Waals surface area contributed by atoms with E-state index in [1.165, 1.54) is 25.2 Å². The van der Waals surface area contributed by atoms with Crippen molar-refractivity contribution in [3.63, 3.8) is 0 Å². The molecular weight excluding hydrogens is 958 g/mol. The summed E-state index contributed by atoms with van der Waals surface area (Å²) >= 11 is 5.39. The summed E-state index contributed by atoms with van der Waals surface area (Å²) in [7, 11) is 0. The summed E-state index contributed by atoms with van der Waals surface area (Å²) in [5.41, 5.74) is 0.378. The molecule has 364 valence electrons. The average molecular weight is 1010 g/mol. The van der Waals surface area contributed by atoms with E-state index in [-0.39, 0.29) is 28.6 Å². The Morgan fingerprint density at radius 2 is 1.34 bits per heavy atom. The summed E-state index contributed by atoms with van der Waals surface area (Å²) in [5, 5.41) is 11.5. The number of amides is 2. The second-order valence-corrected chi connectivity index (χ2v) is 20.9. The average Bonchev–Trinajstić information content (AvgIpc) is 3.84. The van der Waals surface area contributed by atoms with E-state index in [0.29, 0.717) is 16.3 Å². The van der Waals surface area contributed by atoms with E-state index in [1.807, 2.05) is 152 Å². The number of alkyl halides is 1. The largest absolute Gasteiger partial charge is 0.614 e. The Hall–Kier alpha value is -7.04. The van der Waals surface area contributed by atoms with Gasteiger partial charge in [-0.1, -0.05) is 169 Å². The van der Waals surface area contributed by atoms with Gasteiger partial charge in [-0.15, -0.1) is 22.9 Å². The van der Waals surface area contributed by atoms with E-state index in [0.717, 1.165) is 21.6 Å². The molecule has 5 aromatic carbocycles. The van der Waals surface area contributed by atoms with Crippen LogP contribution in [0.4, 0.5) is 5.13 Å². The van der Waals surface area contributed by atoms with Crippen LogP contribution in [-0.2, 0) is 50.2 Å². The highest BCUT2D eigenvalue weighted by atomic mass is 35.5. The highest BCUT2D eigenvalue weighted by Gasteiger charge is 2.61. The van der Waals surface area contributed by atoms with Crippen molar-refractivity contribution in [2.24, 2.45) is 5.16 Å². The lowest BCUT2D eigenvalue weighted by molar-refractivity contribution is -0.179. The van der Waals surface area contributed by atoms with Crippen LogP contribution in [0.25, 0.3) is 0 Å². The van der Waals surface area contributed by atoms with E-state index in [2.05, 4.69) is 15.8 Å². The van der Waals surface area contributed by atoms with Crippen LogP contribution in [0.15, 0.2) is 186 Å². The third-order valence-electron chi connectivity index (χ3n) is 11.6. The molecule has 1 aromatic heterocycles. The molecule has 1 saturated heterocycles. The second kappa shape index (κ2) is 21.5. The van der Waals surface area contributed by atoms with Gasteiger partial charge in [-0.2, -0.15) is 0 Å². The van der Waals surface area contributed by atoms with Crippen molar-refractivity contribution in [3.05, 3.63) is 214 Å². The third kappa shape index (κ3) is 11.0. The quantitative estimate of drug-likeness (QED) is 0.0171. The molecule has 16 heteroatoms. The number of β-lactam (4-membered cyclic amide) rings is 1. The molecule has 3 heterocycles. The molecule has 8 rings (SSSR count). The van der Waals surface area contributed by atoms with Crippen molar-refractivity contribution in [1.82, 2.24) is 15.2 Å². The molecule has 0 spiro atoms. The SMILES string of the molecule is CC(C)(C)OC(=O)C(C)(C)O/N=C(\C(=O)NC1C(=O)N2C(C(=O)OC(c3ccccc3)c3ccccc3)=C(/C=C\CCl)C[S+]([O-])[C@@H]12)c1csc(NC(c2ccccc2)(c2ccccc2)c2ccccc2)n1. The number of rotatable bonds is 17. The summed E-state index contributed by atoms with van der Waals surface area (Å²) < 4.78 is 26.0. The van der Waals surface area contributed by atoms with Crippen molar-refractivity contribution in [3.8, 4) is 0 Å². The number of carbonyl (C=O) groups excluding carboxylic acids is 4. The fourth-order valence-electron chi connectivity index (χ4n) is 8.25. The number of oxime groups is 1. The van der Waals surface area contributed by atoms with Crippen LogP contribution in [0.2, 0.25) is 0 Å². The first-order chi connectivity index (χ1) is 34.1. The van der Waals surface area contributed by atoms with Gasteiger partial charge >= 0.3 is 11.9 Å². The van der Waals surface area contributed by atoms with E-state index in [4.69, 9.17) is 30.9 Å². The molecule has 2 aliphatic heterocycles. The minimum atomic E-state index is -1.83. The number of nitrogens with zero attached hydrogens (tertiary/aromatic N) is 3. The Morgan fingerprint density at radius 3 is 1.83 bits per heavy atom. The monoisotopic (exact) mass is 1010 g/mol. The Morgan fingerprint density at radius 1 is 0.831 bits per heavy atom. The second-order valence-electron chi connectivity index (χ2n) is 18.2.